The maximum absolute atomic E-state index is 2.66. The third-order valence-corrected chi connectivity index (χ3v) is 0.866. The Hall–Kier alpha value is 1.01. The van der Waals surface area contributed by atoms with Crippen molar-refractivity contribution in [3.63, 3.8) is 0 Å². The van der Waals surface area contributed by atoms with Crippen LogP contribution in [0.4, 0.5) is 0 Å². The lowest BCUT2D eigenvalue weighted by Gasteiger charge is -1.68. The molecule has 0 fully saturated rings. The van der Waals surface area contributed by atoms with Gasteiger partial charge in [0.1, 0.15) is 0 Å². The van der Waals surface area contributed by atoms with Gasteiger partial charge in [-0.3, -0.25) is 0 Å². The third-order valence-electron chi connectivity index (χ3n) is 0.289. The summed E-state index contributed by atoms with van der Waals surface area (Å²) in [4.78, 5) is 0. The van der Waals surface area contributed by atoms with Crippen molar-refractivity contribution in [3.05, 3.63) is 0 Å². The molecule has 0 aromatic heterocycles. The molecule has 0 rings (SSSR count). The topological polar surface area (TPSA) is 0 Å². The second-order valence-corrected chi connectivity index (χ2v) is 1.37. The van der Waals surface area contributed by atoms with Crippen molar-refractivity contribution < 1.29 is 24.8 Å². The van der Waals surface area contributed by atoms with Crippen LogP contribution in [0.15, 0.2) is 0 Å². The molecule has 0 saturated heterocycles. The van der Waals surface area contributed by atoms with Gasteiger partial charge < -0.3 is 24.8 Å². The van der Waals surface area contributed by atoms with E-state index >= 15 is 0 Å². The predicted octanol–water partition coefficient (Wildman–Crippen LogP) is -4.72. The lowest BCUT2D eigenvalue weighted by molar-refractivity contribution is -0.00100. The summed E-state index contributed by atoms with van der Waals surface area (Å²) >= 11 is 0. The second-order valence-electron chi connectivity index (χ2n) is 0.789. The average Bonchev–Trinajstić information content (AvgIpc) is 1.37. The lowest BCUT2D eigenvalue weighted by atomic mass is 10.6. The Morgan fingerprint density at radius 3 is 1.50 bits per heavy atom. The number of hydrogen-bond acceptors (Lipinski definition) is 0. The highest BCUT2D eigenvalue weighted by atomic mass is 35.5. The maximum Gasteiger partial charge on any atom is -0.0384 e. The van der Waals surface area contributed by atoms with Crippen LogP contribution in [-0.2, 0) is 0 Å². The van der Waals surface area contributed by atoms with E-state index in [1.54, 1.807) is 0 Å². The van der Waals surface area contributed by atoms with Gasteiger partial charge in [0.15, 0.2) is 0 Å². The lowest BCUT2D eigenvalue weighted by Crippen LogP contribution is -3.00. The molecule has 0 heterocycles. The Morgan fingerprint density at radius 2 is 1.50 bits per heavy atom. The van der Waals surface area contributed by atoms with Gasteiger partial charge in [-0.05, 0) is 6.16 Å². The van der Waals surface area contributed by atoms with Gasteiger partial charge in [0.2, 0.25) is 0 Å². The molecule has 0 aliphatic rings. The van der Waals surface area contributed by atoms with Crippen molar-refractivity contribution in [2.24, 2.45) is 0 Å². The quantitative estimate of drug-likeness (QED) is 0.327. The van der Waals surface area contributed by atoms with Crippen molar-refractivity contribution in [3.8, 4) is 0 Å². The number of halogens is 2. The minimum atomic E-state index is 0. The Labute approximate surface area is 54.1 Å². The van der Waals surface area contributed by atoms with Gasteiger partial charge in [0, 0.05) is 0 Å². The molecule has 0 aromatic rings. The van der Waals surface area contributed by atoms with Gasteiger partial charge >= 0.3 is 0 Å². The normalized spacial score (nSPS) is 5.00. The minimum Gasteiger partial charge on any atom is -1.00 e. The van der Waals surface area contributed by atoms with Crippen LogP contribution in [-0.4, -0.2) is 6.16 Å². The van der Waals surface area contributed by atoms with Gasteiger partial charge in [-0.25, -0.2) is 0 Å². The van der Waals surface area contributed by atoms with Gasteiger partial charge in [-0.2, -0.15) is 0 Å². The first-order chi connectivity index (χ1) is 1.91. The van der Waals surface area contributed by atoms with E-state index in [0.29, 0.717) is 0 Å². The Kier molecular flexibility index (Phi) is 43.7. The fourth-order valence-corrected chi connectivity index (χ4v) is 0. The smallest absolute Gasteiger partial charge is 0.0384 e. The molecule has 0 N–H and O–H groups in total. The molecule has 0 bridgehead atoms. The monoisotopic (exact) mass is 146 g/mol. The van der Waals surface area contributed by atoms with Crippen molar-refractivity contribution in [2.45, 2.75) is 13.3 Å². The fraction of sp³-hybridized carbons (Fsp3) is 1.00. The highest BCUT2D eigenvalue weighted by molar-refractivity contribution is 7.16. The predicted molar refractivity (Wildman–Crippen MR) is 24.9 cm³/mol. The fourth-order valence-electron chi connectivity index (χ4n) is 0. The van der Waals surface area contributed by atoms with E-state index in [2.05, 4.69) is 16.2 Å². The zero-order valence-corrected chi connectivity index (χ0v) is 6.41. The molecular weight excluding hydrogens is 138 g/mol. The Morgan fingerprint density at radius 1 is 1.33 bits per heavy atom. The van der Waals surface area contributed by atoms with Crippen molar-refractivity contribution >= 4 is 9.24 Å². The van der Waals surface area contributed by atoms with Crippen LogP contribution in [0.1, 0.15) is 13.3 Å². The zero-order valence-electron chi connectivity index (χ0n) is 3.75. The van der Waals surface area contributed by atoms with Crippen molar-refractivity contribution in [1.82, 2.24) is 0 Å². The Bertz CT molecular complexity index is 10.8. The van der Waals surface area contributed by atoms with E-state index < -0.39 is 0 Å². The summed E-state index contributed by atoms with van der Waals surface area (Å²) in [5, 5.41) is 0. The molecule has 0 amide bonds. The second kappa shape index (κ2) is 16.7. The highest BCUT2D eigenvalue weighted by Crippen LogP contribution is 1.80. The minimum absolute atomic E-state index is 0. The van der Waals surface area contributed by atoms with Crippen LogP contribution in [0.3, 0.4) is 0 Å². The maximum atomic E-state index is 2.66. The molecule has 0 saturated carbocycles. The number of hydrogen-bond donors (Lipinski definition) is 0. The SMILES string of the molecule is CCCP.[Cl-].[Cl-]. The number of rotatable bonds is 1. The molecule has 0 aromatic carbocycles. The van der Waals surface area contributed by atoms with E-state index in [4.69, 9.17) is 0 Å². The van der Waals surface area contributed by atoms with Crippen LogP contribution >= 0.6 is 9.24 Å². The van der Waals surface area contributed by atoms with E-state index in [1.165, 1.54) is 12.6 Å². The zero-order chi connectivity index (χ0) is 3.41. The highest BCUT2D eigenvalue weighted by Gasteiger charge is 1.56. The standard InChI is InChI=1S/C3H9P.2ClH/c1-2-3-4;;/h2-4H2,1H3;2*1H/p-2. The molecule has 0 nitrogen and oxygen atoms in total. The van der Waals surface area contributed by atoms with Crippen LogP contribution in [0.25, 0.3) is 0 Å². The summed E-state index contributed by atoms with van der Waals surface area (Å²) in [6, 6.07) is 0. The molecule has 3 heteroatoms. The first kappa shape index (κ1) is 15.7. The largest absolute Gasteiger partial charge is 1.00 e. The van der Waals surface area contributed by atoms with Crippen molar-refractivity contribution in [1.29, 1.82) is 0 Å². The summed E-state index contributed by atoms with van der Waals surface area (Å²) in [5.41, 5.74) is 0. The molecule has 1 unspecified atom stereocenters. The molecule has 1 atom stereocenters. The van der Waals surface area contributed by atoms with E-state index in [1.807, 2.05) is 0 Å². The van der Waals surface area contributed by atoms with Crippen LogP contribution in [0, 0.1) is 0 Å². The van der Waals surface area contributed by atoms with E-state index in [9.17, 15) is 0 Å². The van der Waals surface area contributed by atoms with E-state index in [0.717, 1.165) is 0 Å². The summed E-state index contributed by atoms with van der Waals surface area (Å²) in [6.07, 6.45) is 2.52. The third kappa shape index (κ3) is 19.9. The summed E-state index contributed by atoms with van der Waals surface area (Å²) in [5.74, 6) is 0. The van der Waals surface area contributed by atoms with Crippen molar-refractivity contribution in [2.75, 3.05) is 6.16 Å². The molecule has 0 aliphatic carbocycles. The molecule has 0 aliphatic heterocycles. The first-order valence-electron chi connectivity index (χ1n) is 1.62. The molecule has 6 heavy (non-hydrogen) atoms. The van der Waals surface area contributed by atoms with Gasteiger partial charge in [0.25, 0.3) is 0 Å². The van der Waals surface area contributed by atoms with Crippen LogP contribution in [0.2, 0.25) is 0 Å². The van der Waals surface area contributed by atoms with Gasteiger partial charge in [-0.1, -0.05) is 13.3 Å². The van der Waals surface area contributed by atoms with Crippen LogP contribution < -0.4 is 24.8 Å². The van der Waals surface area contributed by atoms with Gasteiger partial charge in [-0.15, -0.1) is 9.24 Å². The molecule has 42 valence electrons. The molecular formula is C3H9Cl2P-2. The molecule has 0 radical (unpaired) electrons. The molecule has 0 spiro atoms. The Balaban J connectivity index is -0.0000000450. The van der Waals surface area contributed by atoms with Gasteiger partial charge in [0.05, 0.1) is 0 Å². The van der Waals surface area contributed by atoms with Crippen LogP contribution in [0.5, 0.6) is 0 Å². The summed E-state index contributed by atoms with van der Waals surface area (Å²) < 4.78 is 0. The average molecular weight is 147 g/mol. The first-order valence-corrected chi connectivity index (χ1v) is 2.43. The van der Waals surface area contributed by atoms with E-state index in [-0.39, 0.29) is 24.8 Å². The summed E-state index contributed by atoms with van der Waals surface area (Å²) in [7, 11) is 2.66. The summed E-state index contributed by atoms with van der Waals surface area (Å²) in [6.45, 7) is 2.16.